The Bertz CT molecular complexity index is 402. The van der Waals surface area contributed by atoms with Crippen LogP contribution in [-0.2, 0) is 4.74 Å². The number of nitrogen functional groups attached to an aromatic ring is 1. The van der Waals surface area contributed by atoms with E-state index in [4.69, 9.17) is 10.5 Å². The zero-order chi connectivity index (χ0) is 12.7. The summed E-state index contributed by atoms with van der Waals surface area (Å²) in [6.45, 7) is 7.08. The van der Waals surface area contributed by atoms with Crippen molar-refractivity contribution in [3.63, 3.8) is 0 Å². The van der Waals surface area contributed by atoms with Crippen LogP contribution in [0.4, 0.5) is 5.69 Å². The Kier molecular flexibility index (Phi) is 5.23. The number of amides is 1. The van der Waals surface area contributed by atoms with Crippen molar-refractivity contribution in [2.24, 2.45) is 0 Å². The molecule has 0 aliphatic heterocycles. The van der Waals surface area contributed by atoms with Crippen molar-refractivity contribution in [1.29, 1.82) is 0 Å². The van der Waals surface area contributed by atoms with Gasteiger partial charge in [-0.1, -0.05) is 18.2 Å². The second kappa shape index (κ2) is 6.70. The first-order chi connectivity index (χ1) is 8.09. The maximum Gasteiger partial charge on any atom is 0.251 e. The Morgan fingerprint density at radius 3 is 2.94 bits per heavy atom. The summed E-state index contributed by atoms with van der Waals surface area (Å²) in [6, 6.07) is 6.86. The number of anilines is 1. The van der Waals surface area contributed by atoms with Gasteiger partial charge in [0.2, 0.25) is 0 Å². The average molecular weight is 234 g/mol. The van der Waals surface area contributed by atoms with Crippen LogP contribution in [0.25, 0.3) is 0 Å². The Labute approximate surface area is 101 Å². The predicted octanol–water partition coefficient (Wildman–Crippen LogP) is 1.59. The predicted molar refractivity (Wildman–Crippen MR) is 68.8 cm³/mol. The summed E-state index contributed by atoms with van der Waals surface area (Å²) in [5, 5.41) is 2.75. The molecule has 4 nitrogen and oxygen atoms in total. The van der Waals surface area contributed by atoms with Gasteiger partial charge in [-0.3, -0.25) is 4.79 Å². The van der Waals surface area contributed by atoms with Crippen molar-refractivity contribution in [3.8, 4) is 0 Å². The molecule has 0 unspecified atom stereocenters. The Morgan fingerprint density at radius 1 is 1.53 bits per heavy atom. The van der Waals surface area contributed by atoms with Crippen LogP contribution < -0.4 is 11.1 Å². The minimum absolute atomic E-state index is 0.142. The summed E-state index contributed by atoms with van der Waals surface area (Å²) < 4.78 is 5.27. The van der Waals surface area contributed by atoms with Gasteiger partial charge in [0.05, 0.1) is 13.2 Å². The lowest BCUT2D eigenvalue weighted by Crippen LogP contribution is -2.27. The summed E-state index contributed by atoms with van der Waals surface area (Å²) in [5.41, 5.74) is 7.70. The lowest BCUT2D eigenvalue weighted by Gasteiger charge is -2.06. The highest BCUT2D eigenvalue weighted by atomic mass is 16.5. The van der Waals surface area contributed by atoms with Crippen LogP contribution in [0.5, 0.6) is 0 Å². The number of hydrogen-bond donors (Lipinski definition) is 2. The number of ether oxygens (including phenoxy) is 1. The van der Waals surface area contributed by atoms with Gasteiger partial charge in [0, 0.05) is 17.8 Å². The topological polar surface area (TPSA) is 64.3 Å². The molecule has 3 N–H and O–H groups in total. The maximum absolute atomic E-state index is 11.7. The maximum atomic E-state index is 11.7. The van der Waals surface area contributed by atoms with Gasteiger partial charge < -0.3 is 15.8 Å². The van der Waals surface area contributed by atoms with E-state index in [2.05, 4.69) is 11.9 Å². The lowest BCUT2D eigenvalue weighted by atomic mass is 10.2. The molecule has 0 heterocycles. The van der Waals surface area contributed by atoms with E-state index in [1.54, 1.807) is 24.3 Å². The van der Waals surface area contributed by atoms with E-state index in [1.165, 1.54) is 0 Å². The van der Waals surface area contributed by atoms with E-state index in [1.807, 2.05) is 6.92 Å². The number of hydrogen-bond acceptors (Lipinski definition) is 3. The van der Waals surface area contributed by atoms with E-state index in [9.17, 15) is 4.79 Å². The van der Waals surface area contributed by atoms with Crippen LogP contribution in [0.3, 0.4) is 0 Å². The van der Waals surface area contributed by atoms with Crippen molar-refractivity contribution in [1.82, 2.24) is 5.32 Å². The fraction of sp³-hybridized carbons (Fsp3) is 0.308. The molecule has 92 valence electrons. The normalized spacial score (nSPS) is 9.94. The first-order valence-corrected chi connectivity index (χ1v) is 5.45. The lowest BCUT2D eigenvalue weighted by molar-refractivity contribution is 0.0927. The average Bonchev–Trinajstić information content (AvgIpc) is 2.28. The number of carbonyl (C=O) groups is 1. The van der Waals surface area contributed by atoms with Gasteiger partial charge in [-0.2, -0.15) is 0 Å². The van der Waals surface area contributed by atoms with Gasteiger partial charge in [0.1, 0.15) is 0 Å². The first kappa shape index (κ1) is 13.3. The summed E-state index contributed by atoms with van der Waals surface area (Å²) in [4.78, 5) is 11.7. The molecule has 1 aromatic carbocycles. The first-order valence-electron chi connectivity index (χ1n) is 5.45. The minimum atomic E-state index is -0.142. The molecular formula is C13H18N2O2. The van der Waals surface area contributed by atoms with Crippen LogP contribution in [0.1, 0.15) is 17.3 Å². The fourth-order valence-corrected chi connectivity index (χ4v) is 1.27. The molecule has 0 bridgehead atoms. The van der Waals surface area contributed by atoms with E-state index >= 15 is 0 Å². The van der Waals surface area contributed by atoms with E-state index in [0.717, 1.165) is 5.57 Å². The van der Waals surface area contributed by atoms with Crippen LogP contribution in [0.2, 0.25) is 0 Å². The van der Waals surface area contributed by atoms with Gasteiger partial charge in [-0.15, -0.1) is 0 Å². The van der Waals surface area contributed by atoms with Crippen molar-refractivity contribution in [2.45, 2.75) is 6.92 Å². The van der Waals surface area contributed by atoms with Gasteiger partial charge in [-0.25, -0.2) is 0 Å². The van der Waals surface area contributed by atoms with Crippen molar-refractivity contribution in [3.05, 3.63) is 42.0 Å². The quantitative estimate of drug-likeness (QED) is 0.446. The monoisotopic (exact) mass is 234 g/mol. The standard InChI is InChI=1S/C13H18N2O2/c1-10(2)9-17-7-6-15-13(16)11-4-3-5-12(14)8-11/h3-5,8H,1,6-7,9,14H2,2H3,(H,15,16). The van der Waals surface area contributed by atoms with E-state index in [-0.39, 0.29) is 5.91 Å². The third kappa shape index (κ3) is 5.17. The molecule has 0 aliphatic rings. The van der Waals surface area contributed by atoms with Crippen LogP contribution in [0.15, 0.2) is 36.4 Å². The fourth-order valence-electron chi connectivity index (χ4n) is 1.27. The molecular weight excluding hydrogens is 216 g/mol. The number of nitrogens with two attached hydrogens (primary N) is 1. The highest BCUT2D eigenvalue weighted by Crippen LogP contribution is 2.05. The zero-order valence-corrected chi connectivity index (χ0v) is 10.0. The molecule has 17 heavy (non-hydrogen) atoms. The number of rotatable bonds is 6. The number of nitrogens with one attached hydrogen (secondary N) is 1. The summed E-state index contributed by atoms with van der Waals surface area (Å²) in [6.07, 6.45) is 0. The molecule has 1 aromatic rings. The molecule has 0 radical (unpaired) electrons. The smallest absolute Gasteiger partial charge is 0.251 e. The molecule has 0 aromatic heterocycles. The second-order valence-electron chi connectivity index (χ2n) is 3.89. The van der Waals surface area contributed by atoms with Gasteiger partial charge >= 0.3 is 0 Å². The second-order valence-corrected chi connectivity index (χ2v) is 3.89. The SMILES string of the molecule is C=C(C)COCCNC(=O)c1cccc(N)c1. The van der Waals surface area contributed by atoms with Gasteiger partial charge in [-0.05, 0) is 25.1 Å². The summed E-state index contributed by atoms with van der Waals surface area (Å²) >= 11 is 0. The van der Waals surface area contributed by atoms with Gasteiger partial charge in [0.15, 0.2) is 0 Å². The highest BCUT2D eigenvalue weighted by Gasteiger charge is 2.04. The number of benzene rings is 1. The molecule has 0 saturated carbocycles. The molecule has 0 fully saturated rings. The summed E-state index contributed by atoms with van der Waals surface area (Å²) in [7, 11) is 0. The zero-order valence-electron chi connectivity index (χ0n) is 10.0. The largest absolute Gasteiger partial charge is 0.399 e. The molecule has 0 aliphatic carbocycles. The van der Waals surface area contributed by atoms with Crippen molar-refractivity contribution < 1.29 is 9.53 Å². The minimum Gasteiger partial charge on any atom is -0.399 e. The molecule has 1 rings (SSSR count). The number of carbonyl (C=O) groups excluding carboxylic acids is 1. The molecule has 4 heteroatoms. The third-order valence-corrected chi connectivity index (χ3v) is 2.03. The Hall–Kier alpha value is -1.81. The highest BCUT2D eigenvalue weighted by molar-refractivity contribution is 5.94. The van der Waals surface area contributed by atoms with Crippen LogP contribution in [-0.4, -0.2) is 25.7 Å². The molecule has 0 spiro atoms. The van der Waals surface area contributed by atoms with E-state index < -0.39 is 0 Å². The molecule has 0 atom stereocenters. The van der Waals surface area contributed by atoms with Gasteiger partial charge in [0.25, 0.3) is 5.91 Å². The summed E-state index contributed by atoms with van der Waals surface area (Å²) in [5.74, 6) is -0.142. The third-order valence-electron chi connectivity index (χ3n) is 2.03. The van der Waals surface area contributed by atoms with E-state index in [0.29, 0.717) is 31.0 Å². The van der Waals surface area contributed by atoms with Crippen LogP contribution in [0, 0.1) is 0 Å². The van der Waals surface area contributed by atoms with Crippen molar-refractivity contribution in [2.75, 3.05) is 25.5 Å². The Balaban J connectivity index is 2.28. The van der Waals surface area contributed by atoms with Crippen molar-refractivity contribution >= 4 is 11.6 Å². The molecule has 0 saturated heterocycles. The van der Waals surface area contributed by atoms with Crippen LogP contribution >= 0.6 is 0 Å². The Morgan fingerprint density at radius 2 is 2.29 bits per heavy atom. The molecule has 1 amide bonds.